The monoisotopic (exact) mass is 366 g/mol. The van der Waals surface area contributed by atoms with Crippen molar-refractivity contribution in [1.29, 1.82) is 0 Å². The Morgan fingerprint density at radius 3 is 2.35 bits per heavy atom. The van der Waals surface area contributed by atoms with Crippen LogP contribution in [0.1, 0.15) is 25.7 Å². The van der Waals surface area contributed by atoms with Crippen LogP contribution in [-0.2, 0) is 14.3 Å². The van der Waals surface area contributed by atoms with Gasteiger partial charge in [-0.2, -0.15) is 0 Å². The molecule has 148 valence electrons. The number of morpholine rings is 1. The number of likely N-dealkylation sites (tertiary alicyclic amines) is 2. The summed E-state index contributed by atoms with van der Waals surface area (Å²) < 4.78 is 5.37. The van der Waals surface area contributed by atoms with Crippen molar-refractivity contribution in [3.8, 4) is 0 Å². The maximum absolute atomic E-state index is 12.8. The maximum Gasteiger partial charge on any atom is 0.236 e. The van der Waals surface area contributed by atoms with Crippen LogP contribution in [0, 0.1) is 5.92 Å². The van der Waals surface area contributed by atoms with Crippen molar-refractivity contribution in [1.82, 2.24) is 19.6 Å². The van der Waals surface area contributed by atoms with Crippen molar-refractivity contribution >= 4 is 11.8 Å². The second-order valence-electron chi connectivity index (χ2n) is 8.07. The molecule has 0 bridgehead atoms. The van der Waals surface area contributed by atoms with E-state index in [1.54, 1.807) is 4.90 Å². The second-order valence-corrected chi connectivity index (χ2v) is 8.07. The minimum Gasteiger partial charge on any atom is -0.378 e. The summed E-state index contributed by atoms with van der Waals surface area (Å²) >= 11 is 0. The first kappa shape index (κ1) is 19.6. The summed E-state index contributed by atoms with van der Waals surface area (Å²) in [5, 5.41) is 0. The summed E-state index contributed by atoms with van der Waals surface area (Å²) in [5.74, 6) is 0.653. The Balaban J connectivity index is 1.46. The molecule has 0 radical (unpaired) electrons. The minimum absolute atomic E-state index is 0.148. The lowest BCUT2D eigenvalue weighted by Gasteiger charge is -2.43. The first-order chi connectivity index (χ1) is 12.5. The van der Waals surface area contributed by atoms with Crippen LogP contribution in [-0.4, -0.2) is 111 Å². The Hall–Kier alpha value is -1.18. The zero-order valence-electron chi connectivity index (χ0n) is 16.4. The molecule has 0 aromatic rings. The van der Waals surface area contributed by atoms with Gasteiger partial charge < -0.3 is 14.5 Å². The Morgan fingerprint density at radius 2 is 1.69 bits per heavy atom. The number of piperidine rings is 2. The molecule has 0 aromatic heterocycles. The number of amides is 2. The number of nitrogens with zero attached hydrogens (tertiary/aromatic N) is 4. The van der Waals surface area contributed by atoms with Crippen LogP contribution in [0.4, 0.5) is 0 Å². The van der Waals surface area contributed by atoms with E-state index in [-0.39, 0.29) is 11.8 Å². The molecule has 7 heteroatoms. The molecule has 0 saturated carbocycles. The van der Waals surface area contributed by atoms with Crippen LogP contribution in [0.3, 0.4) is 0 Å². The van der Waals surface area contributed by atoms with E-state index in [0.717, 1.165) is 65.0 Å². The van der Waals surface area contributed by atoms with Crippen molar-refractivity contribution in [2.75, 3.05) is 73.1 Å². The van der Waals surface area contributed by atoms with Crippen molar-refractivity contribution in [2.24, 2.45) is 5.92 Å². The Kier molecular flexibility index (Phi) is 6.89. The van der Waals surface area contributed by atoms with Crippen LogP contribution in [0.25, 0.3) is 0 Å². The number of ether oxygens (including phenoxy) is 1. The molecule has 0 unspecified atom stereocenters. The zero-order valence-corrected chi connectivity index (χ0v) is 16.4. The average molecular weight is 367 g/mol. The highest BCUT2D eigenvalue weighted by molar-refractivity contribution is 5.79. The predicted octanol–water partition coefficient (Wildman–Crippen LogP) is 0.110. The molecule has 0 spiro atoms. The maximum atomic E-state index is 12.8. The Morgan fingerprint density at radius 1 is 1.00 bits per heavy atom. The quantitative estimate of drug-likeness (QED) is 0.707. The van der Waals surface area contributed by atoms with Gasteiger partial charge in [0.1, 0.15) is 0 Å². The zero-order chi connectivity index (χ0) is 18.5. The third-order valence-corrected chi connectivity index (χ3v) is 6.06. The summed E-state index contributed by atoms with van der Waals surface area (Å²) in [5.41, 5.74) is 0. The molecule has 0 aliphatic carbocycles. The lowest BCUT2D eigenvalue weighted by molar-refractivity contribution is -0.142. The summed E-state index contributed by atoms with van der Waals surface area (Å²) in [4.78, 5) is 33.2. The van der Waals surface area contributed by atoms with E-state index in [0.29, 0.717) is 31.7 Å². The first-order valence-corrected chi connectivity index (χ1v) is 10.1. The van der Waals surface area contributed by atoms with E-state index in [1.807, 2.05) is 19.0 Å². The summed E-state index contributed by atoms with van der Waals surface area (Å²) in [6.07, 6.45) is 4.32. The first-order valence-electron chi connectivity index (χ1n) is 10.1. The topological polar surface area (TPSA) is 56.3 Å². The van der Waals surface area contributed by atoms with Crippen LogP contribution in [0.5, 0.6) is 0 Å². The number of carbonyl (C=O) groups is 2. The molecule has 0 aromatic carbocycles. The fourth-order valence-corrected chi connectivity index (χ4v) is 4.36. The lowest BCUT2D eigenvalue weighted by atomic mass is 9.92. The Bertz CT molecular complexity index is 485. The van der Waals surface area contributed by atoms with Gasteiger partial charge in [-0.15, -0.1) is 0 Å². The fraction of sp³-hybridized carbons (Fsp3) is 0.895. The van der Waals surface area contributed by atoms with Crippen LogP contribution in [0.15, 0.2) is 0 Å². The standard InChI is InChI=1S/C19H34N4O3/c1-20(2)18(24)15-21-8-5-17(6-9-21)23-7-3-4-16(14-23)19(25)22-10-12-26-13-11-22/h16-17H,3-15H2,1-2H3/t16-/m1/s1. The molecule has 3 aliphatic rings. The molecule has 2 amide bonds. The molecule has 3 fully saturated rings. The van der Waals surface area contributed by atoms with Gasteiger partial charge in [-0.05, 0) is 32.2 Å². The van der Waals surface area contributed by atoms with E-state index < -0.39 is 0 Å². The number of hydrogen-bond acceptors (Lipinski definition) is 5. The number of carbonyl (C=O) groups excluding carboxylic acids is 2. The van der Waals surface area contributed by atoms with Gasteiger partial charge in [0.15, 0.2) is 0 Å². The Labute approximate surface area is 157 Å². The minimum atomic E-state index is 0.148. The molecule has 3 saturated heterocycles. The van der Waals surface area contributed by atoms with Crippen LogP contribution < -0.4 is 0 Å². The summed E-state index contributed by atoms with van der Waals surface area (Å²) in [7, 11) is 3.63. The van der Waals surface area contributed by atoms with Crippen molar-refractivity contribution in [3.63, 3.8) is 0 Å². The van der Waals surface area contributed by atoms with Gasteiger partial charge in [0, 0.05) is 52.9 Å². The largest absolute Gasteiger partial charge is 0.378 e. The highest BCUT2D eigenvalue weighted by Crippen LogP contribution is 2.25. The van der Waals surface area contributed by atoms with Crippen LogP contribution in [0.2, 0.25) is 0 Å². The van der Waals surface area contributed by atoms with Gasteiger partial charge in [-0.1, -0.05) is 0 Å². The van der Waals surface area contributed by atoms with Crippen molar-refractivity contribution in [3.05, 3.63) is 0 Å². The highest BCUT2D eigenvalue weighted by atomic mass is 16.5. The molecule has 0 N–H and O–H groups in total. The van der Waals surface area contributed by atoms with Crippen molar-refractivity contribution < 1.29 is 14.3 Å². The number of likely N-dealkylation sites (N-methyl/N-ethyl adjacent to an activating group) is 1. The highest BCUT2D eigenvalue weighted by Gasteiger charge is 2.34. The molecule has 3 aliphatic heterocycles. The summed E-state index contributed by atoms with van der Waals surface area (Å²) in [6, 6.07) is 0.556. The molecule has 3 rings (SSSR count). The molecule has 26 heavy (non-hydrogen) atoms. The second kappa shape index (κ2) is 9.15. The van der Waals surface area contributed by atoms with E-state index in [2.05, 4.69) is 9.80 Å². The molecule has 3 heterocycles. The average Bonchev–Trinajstić information content (AvgIpc) is 2.68. The van der Waals surface area contributed by atoms with Gasteiger partial charge in [0.05, 0.1) is 25.7 Å². The van der Waals surface area contributed by atoms with Gasteiger partial charge in [0.25, 0.3) is 0 Å². The molecule has 7 nitrogen and oxygen atoms in total. The molecular weight excluding hydrogens is 332 g/mol. The molecule has 1 atom stereocenters. The number of rotatable bonds is 4. The third kappa shape index (κ3) is 4.96. The fourth-order valence-electron chi connectivity index (χ4n) is 4.36. The summed E-state index contributed by atoms with van der Waals surface area (Å²) in [6.45, 7) is 7.31. The smallest absolute Gasteiger partial charge is 0.236 e. The third-order valence-electron chi connectivity index (χ3n) is 6.06. The van der Waals surface area contributed by atoms with E-state index in [4.69, 9.17) is 4.74 Å². The van der Waals surface area contributed by atoms with Gasteiger partial charge >= 0.3 is 0 Å². The number of hydrogen-bond donors (Lipinski definition) is 0. The van der Waals surface area contributed by atoms with Gasteiger partial charge in [-0.25, -0.2) is 0 Å². The van der Waals surface area contributed by atoms with Crippen LogP contribution >= 0.6 is 0 Å². The van der Waals surface area contributed by atoms with E-state index >= 15 is 0 Å². The molecular formula is C19H34N4O3. The predicted molar refractivity (Wildman–Crippen MR) is 99.9 cm³/mol. The van der Waals surface area contributed by atoms with E-state index in [1.165, 1.54) is 0 Å². The lowest BCUT2D eigenvalue weighted by Crippen LogP contribution is -2.53. The van der Waals surface area contributed by atoms with Crippen molar-refractivity contribution in [2.45, 2.75) is 31.7 Å². The normalized spacial score (nSPS) is 26.7. The van der Waals surface area contributed by atoms with Gasteiger partial charge in [-0.3, -0.25) is 19.4 Å². The van der Waals surface area contributed by atoms with Gasteiger partial charge in [0.2, 0.25) is 11.8 Å². The van der Waals surface area contributed by atoms with E-state index in [9.17, 15) is 9.59 Å². The SMILES string of the molecule is CN(C)C(=O)CN1CCC(N2CCC[C@@H](C(=O)N3CCOCC3)C2)CC1.